The van der Waals surface area contributed by atoms with E-state index in [1.54, 1.807) is 42.5 Å². The Morgan fingerprint density at radius 3 is 2.22 bits per heavy atom. The van der Waals surface area contributed by atoms with Crippen LogP contribution in [0.5, 0.6) is 17.2 Å². The van der Waals surface area contributed by atoms with Crippen molar-refractivity contribution < 1.29 is 33.3 Å². The molecule has 9 nitrogen and oxygen atoms in total. The standard InChI is InChI=1S/C23H28N2O7/c1-4-31-17-10-8-16(9-11-17)24-21(26)6-5-7-23(28)32-15-22(27)25-19-14-18(29-2)12-13-20(19)30-3/h8-14H,4-7,15H2,1-3H3,(H,24,26)(H,25,27). The summed E-state index contributed by atoms with van der Waals surface area (Å²) in [6, 6.07) is 12.0. The Morgan fingerprint density at radius 2 is 1.56 bits per heavy atom. The number of anilines is 2. The second-order valence-electron chi connectivity index (χ2n) is 6.63. The van der Waals surface area contributed by atoms with Crippen LogP contribution >= 0.6 is 0 Å². The molecule has 32 heavy (non-hydrogen) atoms. The van der Waals surface area contributed by atoms with E-state index >= 15 is 0 Å². The number of carbonyl (C=O) groups excluding carboxylic acids is 3. The lowest BCUT2D eigenvalue weighted by Gasteiger charge is -2.12. The van der Waals surface area contributed by atoms with E-state index in [4.69, 9.17) is 18.9 Å². The fourth-order valence-electron chi connectivity index (χ4n) is 2.73. The molecule has 0 aromatic heterocycles. The summed E-state index contributed by atoms with van der Waals surface area (Å²) in [6.07, 6.45) is 0.467. The summed E-state index contributed by atoms with van der Waals surface area (Å²) in [5, 5.41) is 5.36. The quantitative estimate of drug-likeness (QED) is 0.483. The third kappa shape index (κ3) is 8.17. The molecule has 0 spiro atoms. The summed E-state index contributed by atoms with van der Waals surface area (Å²) in [4.78, 5) is 36.0. The third-order valence-corrected chi connectivity index (χ3v) is 4.28. The lowest BCUT2D eigenvalue weighted by Crippen LogP contribution is -2.21. The average Bonchev–Trinajstić information content (AvgIpc) is 2.79. The highest BCUT2D eigenvalue weighted by Gasteiger charge is 2.12. The third-order valence-electron chi connectivity index (χ3n) is 4.28. The van der Waals surface area contributed by atoms with Crippen LogP contribution in [0.4, 0.5) is 11.4 Å². The number of carbonyl (C=O) groups is 3. The molecule has 0 bridgehead atoms. The van der Waals surface area contributed by atoms with Crippen LogP contribution in [0.1, 0.15) is 26.2 Å². The van der Waals surface area contributed by atoms with E-state index in [1.165, 1.54) is 14.2 Å². The first-order valence-corrected chi connectivity index (χ1v) is 10.1. The summed E-state index contributed by atoms with van der Waals surface area (Å²) < 4.78 is 20.6. The van der Waals surface area contributed by atoms with Gasteiger partial charge in [0.05, 0.1) is 26.5 Å². The Morgan fingerprint density at radius 1 is 0.844 bits per heavy atom. The minimum absolute atomic E-state index is 0.0203. The van der Waals surface area contributed by atoms with Gasteiger partial charge in [-0.1, -0.05) is 0 Å². The van der Waals surface area contributed by atoms with Gasteiger partial charge in [0.15, 0.2) is 6.61 Å². The molecule has 0 aliphatic carbocycles. The number of rotatable bonds is 12. The first-order chi connectivity index (χ1) is 15.4. The molecule has 0 radical (unpaired) electrons. The van der Waals surface area contributed by atoms with Gasteiger partial charge in [-0.3, -0.25) is 14.4 Å². The topological polar surface area (TPSA) is 112 Å². The highest BCUT2D eigenvalue weighted by Crippen LogP contribution is 2.28. The second-order valence-corrected chi connectivity index (χ2v) is 6.63. The van der Waals surface area contributed by atoms with Gasteiger partial charge in [0.1, 0.15) is 17.2 Å². The monoisotopic (exact) mass is 444 g/mol. The van der Waals surface area contributed by atoms with Crippen molar-refractivity contribution in [3.8, 4) is 17.2 Å². The Hall–Kier alpha value is -3.75. The van der Waals surface area contributed by atoms with Gasteiger partial charge < -0.3 is 29.6 Å². The van der Waals surface area contributed by atoms with E-state index in [9.17, 15) is 14.4 Å². The van der Waals surface area contributed by atoms with E-state index < -0.39 is 18.5 Å². The maximum atomic E-state index is 12.1. The van der Waals surface area contributed by atoms with Gasteiger partial charge in [-0.05, 0) is 49.7 Å². The average molecular weight is 444 g/mol. The number of hydrogen-bond acceptors (Lipinski definition) is 7. The van der Waals surface area contributed by atoms with Crippen LogP contribution in [-0.4, -0.2) is 45.2 Å². The highest BCUT2D eigenvalue weighted by molar-refractivity contribution is 5.94. The predicted octanol–water partition coefficient (Wildman–Crippen LogP) is 3.39. The van der Waals surface area contributed by atoms with Crippen LogP contribution in [0.15, 0.2) is 42.5 Å². The maximum Gasteiger partial charge on any atom is 0.306 e. The van der Waals surface area contributed by atoms with Gasteiger partial charge in [-0.15, -0.1) is 0 Å². The number of benzene rings is 2. The van der Waals surface area contributed by atoms with Crippen molar-refractivity contribution in [1.82, 2.24) is 0 Å². The normalized spacial score (nSPS) is 10.1. The molecule has 2 amide bonds. The molecule has 2 rings (SSSR count). The lowest BCUT2D eigenvalue weighted by molar-refractivity contribution is -0.147. The summed E-state index contributed by atoms with van der Waals surface area (Å²) in [5.74, 6) is 0.419. The van der Waals surface area contributed by atoms with Gasteiger partial charge in [-0.2, -0.15) is 0 Å². The van der Waals surface area contributed by atoms with Gasteiger partial charge in [-0.25, -0.2) is 0 Å². The zero-order valence-corrected chi connectivity index (χ0v) is 18.4. The van der Waals surface area contributed by atoms with Crippen molar-refractivity contribution >= 4 is 29.2 Å². The van der Waals surface area contributed by atoms with Crippen LogP contribution < -0.4 is 24.8 Å². The lowest BCUT2D eigenvalue weighted by atomic mass is 10.2. The molecule has 2 aromatic carbocycles. The van der Waals surface area contributed by atoms with Crippen molar-refractivity contribution in [3.63, 3.8) is 0 Å². The van der Waals surface area contributed by atoms with Crippen LogP contribution in [0.3, 0.4) is 0 Å². The van der Waals surface area contributed by atoms with E-state index in [1.807, 2.05) is 6.92 Å². The first-order valence-electron chi connectivity index (χ1n) is 10.1. The Kier molecular flexibility index (Phi) is 9.83. The number of amides is 2. The zero-order chi connectivity index (χ0) is 23.3. The van der Waals surface area contributed by atoms with E-state index in [0.717, 1.165) is 5.75 Å². The van der Waals surface area contributed by atoms with Crippen LogP contribution in [0, 0.1) is 0 Å². The fraction of sp³-hybridized carbons (Fsp3) is 0.348. The zero-order valence-electron chi connectivity index (χ0n) is 18.4. The predicted molar refractivity (Wildman–Crippen MR) is 119 cm³/mol. The molecule has 2 N–H and O–H groups in total. The fourth-order valence-corrected chi connectivity index (χ4v) is 2.73. The first kappa shape index (κ1) is 24.5. The highest BCUT2D eigenvalue weighted by atomic mass is 16.5. The second kappa shape index (κ2) is 12.8. The van der Waals surface area contributed by atoms with E-state index in [-0.39, 0.29) is 18.7 Å². The van der Waals surface area contributed by atoms with Gasteiger partial charge in [0, 0.05) is 24.6 Å². The van der Waals surface area contributed by atoms with Gasteiger partial charge >= 0.3 is 5.97 Å². The van der Waals surface area contributed by atoms with Crippen molar-refractivity contribution in [2.75, 3.05) is 38.1 Å². The molecule has 0 aliphatic heterocycles. The number of nitrogens with one attached hydrogen (secondary N) is 2. The molecule has 172 valence electrons. The van der Waals surface area contributed by atoms with E-state index in [0.29, 0.717) is 35.9 Å². The van der Waals surface area contributed by atoms with Crippen molar-refractivity contribution in [1.29, 1.82) is 0 Å². The Bertz CT molecular complexity index is 913. The van der Waals surface area contributed by atoms with Gasteiger partial charge in [0.25, 0.3) is 5.91 Å². The summed E-state index contributed by atoms with van der Waals surface area (Å²) in [7, 11) is 2.98. The molecule has 0 fully saturated rings. The molecular weight excluding hydrogens is 416 g/mol. The van der Waals surface area contributed by atoms with Crippen LogP contribution in [-0.2, 0) is 19.1 Å². The largest absolute Gasteiger partial charge is 0.497 e. The molecule has 0 unspecified atom stereocenters. The SMILES string of the molecule is CCOc1ccc(NC(=O)CCCC(=O)OCC(=O)Nc2cc(OC)ccc2OC)cc1. The smallest absolute Gasteiger partial charge is 0.306 e. The van der Waals surface area contributed by atoms with Crippen LogP contribution in [0.2, 0.25) is 0 Å². The van der Waals surface area contributed by atoms with Crippen LogP contribution in [0.25, 0.3) is 0 Å². The molecular formula is C23H28N2O7. The number of esters is 1. The minimum Gasteiger partial charge on any atom is -0.497 e. The molecule has 0 atom stereocenters. The minimum atomic E-state index is -0.563. The molecule has 2 aromatic rings. The molecule has 0 aliphatic rings. The number of ether oxygens (including phenoxy) is 4. The van der Waals surface area contributed by atoms with E-state index in [2.05, 4.69) is 10.6 Å². The van der Waals surface area contributed by atoms with Gasteiger partial charge in [0.2, 0.25) is 5.91 Å². The van der Waals surface area contributed by atoms with Crippen molar-refractivity contribution in [2.24, 2.45) is 0 Å². The molecule has 9 heteroatoms. The molecule has 0 heterocycles. The van der Waals surface area contributed by atoms with Crippen molar-refractivity contribution in [3.05, 3.63) is 42.5 Å². The van der Waals surface area contributed by atoms with Crippen molar-refractivity contribution in [2.45, 2.75) is 26.2 Å². The summed E-state index contributed by atoms with van der Waals surface area (Å²) in [6.45, 7) is 2.02. The number of hydrogen-bond donors (Lipinski definition) is 2. The molecule has 0 saturated carbocycles. The Labute approximate surface area is 187 Å². The molecule has 0 saturated heterocycles. The summed E-state index contributed by atoms with van der Waals surface area (Å²) >= 11 is 0. The Balaban J connectivity index is 1.68. The maximum absolute atomic E-state index is 12.1. The number of methoxy groups -OCH3 is 2. The summed E-state index contributed by atoms with van der Waals surface area (Å²) in [5.41, 5.74) is 1.05.